The summed E-state index contributed by atoms with van der Waals surface area (Å²) in [6.45, 7) is 6.20. The van der Waals surface area contributed by atoms with E-state index in [2.05, 4.69) is 31.5 Å². The molecule has 286 valence electrons. The minimum absolute atomic E-state index is 0.0892. The van der Waals surface area contributed by atoms with Gasteiger partial charge in [0.2, 0.25) is 29.5 Å². The summed E-state index contributed by atoms with van der Waals surface area (Å²) in [7, 11) is 0. The van der Waals surface area contributed by atoms with Crippen molar-refractivity contribution in [2.45, 2.75) is 110 Å². The summed E-state index contributed by atoms with van der Waals surface area (Å²) in [6.07, 6.45) is 5.08. The van der Waals surface area contributed by atoms with Crippen LogP contribution in [0.4, 0.5) is 0 Å². The van der Waals surface area contributed by atoms with Crippen molar-refractivity contribution in [2.75, 3.05) is 26.2 Å². The number of nitrogens with zero attached hydrogens (tertiary/aromatic N) is 5. The van der Waals surface area contributed by atoms with Crippen molar-refractivity contribution >= 4 is 52.6 Å². The van der Waals surface area contributed by atoms with Gasteiger partial charge in [-0.3, -0.25) is 50.0 Å². The van der Waals surface area contributed by atoms with Gasteiger partial charge in [0.25, 0.3) is 0 Å². The maximum absolute atomic E-state index is 12.6. The minimum atomic E-state index is -1.04. The van der Waals surface area contributed by atoms with Crippen molar-refractivity contribution < 1.29 is 39.6 Å². The number of carbonyl (C=O) groups is 5. The summed E-state index contributed by atoms with van der Waals surface area (Å²) in [5.41, 5.74) is 4.19. The molecule has 1 heterocycles. The summed E-state index contributed by atoms with van der Waals surface area (Å²) in [5, 5.41) is 44.5. The van der Waals surface area contributed by atoms with Crippen molar-refractivity contribution in [1.82, 2.24) is 41.5 Å². The minimum Gasteiger partial charge on any atom is -0.361 e. The summed E-state index contributed by atoms with van der Waals surface area (Å²) >= 11 is 5.22. The first-order valence-electron chi connectivity index (χ1n) is 17.4. The lowest BCUT2D eigenvalue weighted by molar-refractivity contribution is -0.181. The van der Waals surface area contributed by atoms with Gasteiger partial charge in [0.15, 0.2) is 5.11 Å². The van der Waals surface area contributed by atoms with E-state index in [0.29, 0.717) is 77.6 Å². The number of hydrazone groups is 1. The lowest BCUT2D eigenvalue weighted by atomic mass is 10.1. The number of hydroxylamine groups is 6. The van der Waals surface area contributed by atoms with E-state index in [-0.39, 0.29) is 51.1 Å². The number of thiocarbonyl (C=S) groups is 1. The highest BCUT2D eigenvalue weighted by molar-refractivity contribution is 7.80. The van der Waals surface area contributed by atoms with E-state index in [1.807, 2.05) is 32.0 Å². The molecule has 17 nitrogen and oxygen atoms in total. The molecule has 0 radical (unpaired) electrons. The van der Waals surface area contributed by atoms with E-state index in [0.717, 1.165) is 18.5 Å². The van der Waals surface area contributed by atoms with Crippen molar-refractivity contribution in [1.29, 1.82) is 0 Å². The number of rotatable bonds is 25. The van der Waals surface area contributed by atoms with Crippen LogP contribution in [-0.2, 0) is 24.0 Å². The third-order valence-electron chi connectivity index (χ3n) is 7.55. The smallest absolute Gasteiger partial charge is 0.248 e. The number of carbonyl (C=O) groups excluding carboxylic acids is 5. The molecular formula is C33H55N9O8S. The molecule has 0 bridgehead atoms. The summed E-state index contributed by atoms with van der Waals surface area (Å²) in [6, 6.07) is 5.53. The Bertz CT molecular complexity index is 1270. The lowest BCUT2D eigenvalue weighted by Gasteiger charge is -2.27. The van der Waals surface area contributed by atoms with Gasteiger partial charge in [-0.25, -0.2) is 15.2 Å². The van der Waals surface area contributed by atoms with Gasteiger partial charge in [-0.1, -0.05) is 19.4 Å². The van der Waals surface area contributed by atoms with Gasteiger partial charge in [-0.05, 0) is 82.6 Å². The van der Waals surface area contributed by atoms with Gasteiger partial charge in [0.1, 0.15) is 6.17 Å². The number of pyridine rings is 1. The Kier molecular flexibility index (Phi) is 23.3. The fourth-order valence-corrected chi connectivity index (χ4v) is 4.65. The molecule has 5 amide bonds. The summed E-state index contributed by atoms with van der Waals surface area (Å²) in [5.74, 6) is -2.77. The Morgan fingerprint density at radius 2 is 1.43 bits per heavy atom. The molecule has 1 atom stereocenters. The summed E-state index contributed by atoms with van der Waals surface area (Å²) < 4.78 is 0. The predicted molar refractivity (Wildman–Crippen MR) is 192 cm³/mol. The molecule has 51 heavy (non-hydrogen) atoms. The molecule has 7 N–H and O–H groups in total. The van der Waals surface area contributed by atoms with E-state index < -0.39 is 29.8 Å². The predicted octanol–water partition coefficient (Wildman–Crippen LogP) is 2.59. The molecule has 0 aliphatic carbocycles. The van der Waals surface area contributed by atoms with Crippen LogP contribution in [-0.4, -0.2) is 109 Å². The first-order chi connectivity index (χ1) is 24.3. The quantitative estimate of drug-likeness (QED) is 0.0192. The third-order valence-corrected chi connectivity index (χ3v) is 7.79. The first-order valence-corrected chi connectivity index (χ1v) is 17.8. The molecule has 0 saturated heterocycles. The fraction of sp³-hybridized carbons (Fsp3) is 0.636. The van der Waals surface area contributed by atoms with Gasteiger partial charge >= 0.3 is 0 Å². The first kappa shape index (κ1) is 44.8. The van der Waals surface area contributed by atoms with Gasteiger partial charge in [-0.15, -0.1) is 0 Å². The normalized spacial score (nSPS) is 11.6. The molecule has 1 aromatic rings. The Morgan fingerprint density at radius 3 is 2.06 bits per heavy atom. The van der Waals surface area contributed by atoms with Crippen LogP contribution in [0.1, 0.15) is 110 Å². The number of hydrogen-bond acceptors (Lipinski definition) is 11. The molecule has 18 heteroatoms. The molecule has 0 aliphatic heterocycles. The number of aromatic nitrogens is 1. The maximum Gasteiger partial charge on any atom is 0.248 e. The molecule has 0 fully saturated rings. The Labute approximate surface area is 305 Å². The van der Waals surface area contributed by atoms with E-state index in [4.69, 9.17) is 12.2 Å². The van der Waals surface area contributed by atoms with Gasteiger partial charge in [-0.2, -0.15) is 5.10 Å². The Balaban J connectivity index is 2.30. The Morgan fingerprint density at radius 1 is 0.804 bits per heavy atom. The topological polar surface area (TPSA) is 229 Å². The second-order valence-electron chi connectivity index (χ2n) is 11.9. The van der Waals surface area contributed by atoms with Crippen LogP contribution in [0.15, 0.2) is 29.5 Å². The molecule has 1 aromatic heterocycles. The van der Waals surface area contributed by atoms with E-state index in [1.54, 1.807) is 6.20 Å². The molecular weight excluding hydrogens is 682 g/mol. The van der Waals surface area contributed by atoms with Crippen molar-refractivity contribution in [3.8, 4) is 0 Å². The lowest BCUT2D eigenvalue weighted by Crippen LogP contribution is -2.49. The average Bonchev–Trinajstić information content (AvgIpc) is 3.12. The number of unbranched alkanes of at least 4 members (excludes halogenated alkanes) is 5. The third kappa shape index (κ3) is 20.9. The van der Waals surface area contributed by atoms with Gasteiger partial charge < -0.3 is 16.0 Å². The van der Waals surface area contributed by atoms with Crippen molar-refractivity contribution in [2.24, 2.45) is 5.10 Å². The monoisotopic (exact) mass is 737 g/mol. The van der Waals surface area contributed by atoms with E-state index in [1.165, 1.54) is 6.92 Å². The highest BCUT2D eigenvalue weighted by Gasteiger charge is 2.24. The highest BCUT2D eigenvalue weighted by atomic mass is 32.1. The van der Waals surface area contributed by atoms with Crippen molar-refractivity contribution in [3.63, 3.8) is 0 Å². The van der Waals surface area contributed by atoms with Crippen LogP contribution >= 0.6 is 12.2 Å². The molecule has 0 spiro atoms. The summed E-state index contributed by atoms with van der Waals surface area (Å²) in [4.78, 5) is 64.9. The zero-order chi connectivity index (χ0) is 38.0. The van der Waals surface area contributed by atoms with Crippen LogP contribution in [0.5, 0.6) is 0 Å². The maximum atomic E-state index is 12.6. The van der Waals surface area contributed by atoms with Crippen LogP contribution < -0.4 is 21.4 Å². The SMILES string of the molecule is CCCCC(NC(=O)CCC(=O)N(O)CCCCCNC(=S)NN=C(C)c1ccccn1)N(O)C(=O)CCC(=O)NCCCCCN(O)C(C)=O. The molecule has 0 saturated carbocycles. The van der Waals surface area contributed by atoms with Gasteiger partial charge in [0.05, 0.1) is 11.4 Å². The second-order valence-corrected chi connectivity index (χ2v) is 12.3. The number of nitrogens with one attached hydrogen (secondary N) is 4. The standard InChI is InChI=1S/C33H55N9O8S/c1-4-5-15-28(42(50)32(47)19-16-29(44)35-21-9-6-12-23-40(48)26(3)43)37-30(45)17-18-31(46)41(49)24-13-7-10-22-36-33(51)39-38-25(2)27-14-8-11-20-34-27/h8,11,14,20,28,48-50H,4-7,9-10,12-13,15-19,21-24H2,1-3H3,(H,35,44)(H,37,45)(H2,36,39,51). The fourth-order valence-electron chi connectivity index (χ4n) is 4.50. The van der Waals surface area contributed by atoms with Crippen LogP contribution in [0.25, 0.3) is 0 Å². The van der Waals surface area contributed by atoms with Crippen LogP contribution in [0, 0.1) is 0 Å². The highest BCUT2D eigenvalue weighted by Crippen LogP contribution is 2.09. The molecule has 0 aromatic carbocycles. The zero-order valence-electron chi connectivity index (χ0n) is 29.9. The van der Waals surface area contributed by atoms with E-state index >= 15 is 0 Å². The second kappa shape index (κ2) is 26.5. The number of hydrogen-bond donors (Lipinski definition) is 7. The zero-order valence-corrected chi connectivity index (χ0v) is 30.8. The van der Waals surface area contributed by atoms with Crippen LogP contribution in [0.2, 0.25) is 0 Å². The van der Waals surface area contributed by atoms with E-state index in [9.17, 15) is 39.6 Å². The molecule has 1 rings (SSSR count). The largest absolute Gasteiger partial charge is 0.361 e. The molecule has 0 aliphatic rings. The average molecular weight is 738 g/mol. The van der Waals surface area contributed by atoms with Crippen LogP contribution in [0.3, 0.4) is 0 Å². The van der Waals surface area contributed by atoms with Crippen molar-refractivity contribution in [3.05, 3.63) is 30.1 Å². The molecule has 1 unspecified atom stereocenters. The van der Waals surface area contributed by atoms with Gasteiger partial charge in [0, 0.05) is 65.0 Å². The number of amides is 5. The Hall–Kier alpha value is -4.26.